The van der Waals surface area contributed by atoms with E-state index in [0.717, 1.165) is 52.4 Å². The average molecular weight is 277 g/mol. The van der Waals surface area contributed by atoms with Gasteiger partial charge in [-0.05, 0) is 0 Å². The molecular weight excluding hydrogens is 246 g/mol. The maximum Gasteiger partial charge on any atom is 0.0555 e. The summed E-state index contributed by atoms with van der Waals surface area (Å²) in [6.07, 6.45) is 0. The predicted molar refractivity (Wildman–Crippen MR) is 78.5 cm³/mol. The first-order valence-corrected chi connectivity index (χ1v) is 7.17. The predicted octanol–water partition coefficient (Wildman–Crippen LogP) is -3.08. The Bertz CT molecular complexity index is 147. The highest BCUT2D eigenvalue weighted by molar-refractivity contribution is 4.57. The normalized spacial score (nSPS) is 11.1. The molecule has 0 heterocycles. The number of hydrogen-bond donors (Lipinski definition) is 7. The molecule has 7 N–H and O–H groups in total. The Labute approximate surface area is 116 Å². The van der Waals surface area contributed by atoms with Gasteiger partial charge in [0.1, 0.15) is 0 Å². The van der Waals surface area contributed by atoms with Gasteiger partial charge in [0.2, 0.25) is 0 Å². The lowest BCUT2D eigenvalue weighted by Crippen LogP contribution is -2.37. The van der Waals surface area contributed by atoms with Crippen molar-refractivity contribution < 1.29 is 10.2 Å². The Morgan fingerprint density at radius 3 is 0.789 bits per heavy atom. The highest BCUT2D eigenvalue weighted by Gasteiger charge is 1.90. The third-order valence-corrected chi connectivity index (χ3v) is 2.49. The minimum Gasteiger partial charge on any atom is -0.395 e. The molecule has 0 aliphatic rings. The van der Waals surface area contributed by atoms with Crippen LogP contribution in [0, 0.1) is 0 Å². The van der Waals surface area contributed by atoms with Crippen molar-refractivity contribution in [1.29, 1.82) is 0 Å². The first-order valence-electron chi connectivity index (χ1n) is 7.17. The number of rotatable bonds is 16. The van der Waals surface area contributed by atoms with E-state index in [9.17, 15) is 0 Å². The van der Waals surface area contributed by atoms with Crippen molar-refractivity contribution in [2.75, 3.05) is 78.7 Å². The number of nitrogens with one attached hydrogen (secondary N) is 5. The van der Waals surface area contributed by atoms with E-state index in [2.05, 4.69) is 26.6 Å². The number of hydrogen-bond acceptors (Lipinski definition) is 7. The molecule has 0 aromatic carbocycles. The molecule has 0 aromatic rings. The Hall–Kier alpha value is -0.280. The van der Waals surface area contributed by atoms with E-state index in [0.29, 0.717) is 13.1 Å². The van der Waals surface area contributed by atoms with Crippen LogP contribution in [0.5, 0.6) is 0 Å². The largest absolute Gasteiger partial charge is 0.395 e. The van der Waals surface area contributed by atoms with E-state index >= 15 is 0 Å². The van der Waals surface area contributed by atoms with Crippen molar-refractivity contribution in [1.82, 2.24) is 26.6 Å². The highest BCUT2D eigenvalue weighted by atomic mass is 16.3. The first-order chi connectivity index (χ1) is 9.41. The van der Waals surface area contributed by atoms with Gasteiger partial charge in [-0.15, -0.1) is 0 Å². The molecule has 0 aliphatic carbocycles. The smallest absolute Gasteiger partial charge is 0.0555 e. The van der Waals surface area contributed by atoms with Crippen molar-refractivity contribution >= 4 is 0 Å². The highest BCUT2D eigenvalue weighted by Crippen LogP contribution is 1.64. The molecule has 0 radical (unpaired) electrons. The first kappa shape index (κ1) is 18.7. The molecule has 0 saturated heterocycles. The molecule has 0 saturated carbocycles. The summed E-state index contributed by atoms with van der Waals surface area (Å²) in [5.74, 6) is 0. The van der Waals surface area contributed by atoms with Crippen LogP contribution in [0.2, 0.25) is 0 Å². The minimum absolute atomic E-state index is 0.198. The fourth-order valence-electron chi connectivity index (χ4n) is 1.49. The number of aliphatic hydroxyl groups is 2. The van der Waals surface area contributed by atoms with Gasteiger partial charge in [0.05, 0.1) is 13.2 Å². The molecule has 0 atom stereocenters. The van der Waals surface area contributed by atoms with E-state index in [4.69, 9.17) is 10.2 Å². The van der Waals surface area contributed by atoms with E-state index in [1.165, 1.54) is 0 Å². The lowest BCUT2D eigenvalue weighted by molar-refractivity contribution is 0.292. The van der Waals surface area contributed by atoms with Gasteiger partial charge in [0, 0.05) is 65.4 Å². The molecule has 19 heavy (non-hydrogen) atoms. The Morgan fingerprint density at radius 1 is 0.368 bits per heavy atom. The van der Waals surface area contributed by atoms with Crippen molar-refractivity contribution in [3.8, 4) is 0 Å². The number of aliphatic hydroxyl groups excluding tert-OH is 2. The van der Waals surface area contributed by atoms with Gasteiger partial charge >= 0.3 is 0 Å². The van der Waals surface area contributed by atoms with Crippen molar-refractivity contribution in [2.45, 2.75) is 0 Å². The van der Waals surface area contributed by atoms with E-state index in [1.807, 2.05) is 0 Å². The second-order valence-corrected chi connectivity index (χ2v) is 4.20. The van der Waals surface area contributed by atoms with Gasteiger partial charge in [-0.25, -0.2) is 0 Å². The summed E-state index contributed by atoms with van der Waals surface area (Å²) in [6.45, 7) is 9.21. The van der Waals surface area contributed by atoms with Crippen LogP contribution in [-0.4, -0.2) is 88.9 Å². The quantitative estimate of drug-likeness (QED) is 0.150. The molecule has 7 nitrogen and oxygen atoms in total. The second-order valence-electron chi connectivity index (χ2n) is 4.20. The molecule has 0 amide bonds. The van der Waals surface area contributed by atoms with Crippen LogP contribution < -0.4 is 26.6 Å². The molecule has 0 rings (SSSR count). The molecule has 116 valence electrons. The van der Waals surface area contributed by atoms with E-state index in [1.54, 1.807) is 0 Å². The van der Waals surface area contributed by atoms with Gasteiger partial charge in [0.15, 0.2) is 0 Å². The van der Waals surface area contributed by atoms with Gasteiger partial charge in [-0.3, -0.25) is 0 Å². The molecular formula is C12H31N5O2. The monoisotopic (exact) mass is 277 g/mol. The topological polar surface area (TPSA) is 101 Å². The fourth-order valence-corrected chi connectivity index (χ4v) is 1.49. The van der Waals surface area contributed by atoms with Crippen LogP contribution in [0.1, 0.15) is 0 Å². The van der Waals surface area contributed by atoms with Gasteiger partial charge in [0.25, 0.3) is 0 Å². The minimum atomic E-state index is 0.198. The molecule has 0 unspecified atom stereocenters. The van der Waals surface area contributed by atoms with Crippen LogP contribution in [0.15, 0.2) is 0 Å². The third-order valence-electron chi connectivity index (χ3n) is 2.49. The van der Waals surface area contributed by atoms with Crippen LogP contribution >= 0.6 is 0 Å². The summed E-state index contributed by atoms with van der Waals surface area (Å²) in [4.78, 5) is 0. The van der Waals surface area contributed by atoms with Crippen molar-refractivity contribution in [3.05, 3.63) is 0 Å². The molecule has 7 heteroatoms. The SMILES string of the molecule is OCCNCCNCCNCCNCCNCCO. The van der Waals surface area contributed by atoms with Gasteiger partial charge < -0.3 is 36.8 Å². The zero-order chi connectivity index (χ0) is 14.0. The summed E-state index contributed by atoms with van der Waals surface area (Å²) in [5.41, 5.74) is 0. The zero-order valence-electron chi connectivity index (χ0n) is 11.9. The third kappa shape index (κ3) is 17.7. The Balaban J connectivity index is 2.88. The zero-order valence-corrected chi connectivity index (χ0v) is 11.9. The molecule has 0 fully saturated rings. The van der Waals surface area contributed by atoms with Crippen LogP contribution in [0.25, 0.3) is 0 Å². The van der Waals surface area contributed by atoms with Crippen LogP contribution in [0.3, 0.4) is 0 Å². The Kier molecular flexibility index (Phi) is 17.5. The maximum atomic E-state index is 8.56. The molecule has 0 aromatic heterocycles. The lowest BCUT2D eigenvalue weighted by Gasteiger charge is -2.08. The van der Waals surface area contributed by atoms with Crippen molar-refractivity contribution in [3.63, 3.8) is 0 Å². The van der Waals surface area contributed by atoms with E-state index < -0.39 is 0 Å². The molecule has 0 aliphatic heterocycles. The Morgan fingerprint density at radius 2 is 0.579 bits per heavy atom. The summed E-state index contributed by atoms with van der Waals surface area (Å²) in [7, 11) is 0. The summed E-state index contributed by atoms with van der Waals surface area (Å²) < 4.78 is 0. The van der Waals surface area contributed by atoms with Crippen molar-refractivity contribution in [2.24, 2.45) is 0 Å². The average Bonchev–Trinajstić information content (AvgIpc) is 2.43. The summed E-state index contributed by atoms with van der Waals surface area (Å²) in [5, 5.41) is 33.3. The fraction of sp³-hybridized carbons (Fsp3) is 1.00. The van der Waals surface area contributed by atoms with E-state index in [-0.39, 0.29) is 13.2 Å². The summed E-state index contributed by atoms with van der Waals surface area (Å²) >= 11 is 0. The van der Waals surface area contributed by atoms with Crippen LogP contribution in [-0.2, 0) is 0 Å². The lowest BCUT2D eigenvalue weighted by atomic mass is 10.5. The molecule has 0 spiro atoms. The molecule has 0 bridgehead atoms. The second kappa shape index (κ2) is 17.7. The maximum absolute atomic E-state index is 8.56. The summed E-state index contributed by atoms with van der Waals surface area (Å²) in [6, 6.07) is 0. The standard InChI is InChI=1S/C12H31N5O2/c18-11-9-16-7-5-14-3-1-13-2-4-15-6-8-17-10-12-19/h13-19H,1-12H2. The van der Waals surface area contributed by atoms with Gasteiger partial charge in [-0.2, -0.15) is 0 Å². The van der Waals surface area contributed by atoms with Gasteiger partial charge in [-0.1, -0.05) is 0 Å². The van der Waals surface area contributed by atoms with Crippen LogP contribution in [0.4, 0.5) is 0 Å².